The van der Waals surface area contributed by atoms with Crippen molar-refractivity contribution in [1.29, 1.82) is 0 Å². The summed E-state index contributed by atoms with van der Waals surface area (Å²) in [5, 5.41) is 4.15. The normalized spacial score (nSPS) is 19.5. The summed E-state index contributed by atoms with van der Waals surface area (Å²) in [6.45, 7) is 3.01. The Morgan fingerprint density at radius 1 is 1.19 bits per heavy atom. The summed E-state index contributed by atoms with van der Waals surface area (Å²) >= 11 is 0. The van der Waals surface area contributed by atoms with E-state index in [1.807, 2.05) is 12.1 Å². The van der Waals surface area contributed by atoms with Gasteiger partial charge in [0.15, 0.2) is 0 Å². The Morgan fingerprint density at radius 3 is 2.78 bits per heavy atom. The number of para-hydroxylation sites is 1. The van der Waals surface area contributed by atoms with Crippen LogP contribution in [0.15, 0.2) is 54.6 Å². The van der Waals surface area contributed by atoms with Gasteiger partial charge in [0.2, 0.25) is 5.91 Å². The van der Waals surface area contributed by atoms with Gasteiger partial charge in [0.25, 0.3) is 0 Å². The molecule has 3 N–H and O–H groups in total. The molecular formula is C21H23FN4O. The van der Waals surface area contributed by atoms with Gasteiger partial charge in [-0.3, -0.25) is 4.79 Å². The highest BCUT2D eigenvalue weighted by molar-refractivity contribution is 5.81. The van der Waals surface area contributed by atoms with Crippen molar-refractivity contribution in [3.8, 4) is 0 Å². The van der Waals surface area contributed by atoms with E-state index in [0.717, 1.165) is 13.0 Å². The second-order valence-electron chi connectivity index (χ2n) is 6.84. The minimum Gasteiger partial charge on any atom is -0.343 e. The van der Waals surface area contributed by atoms with Gasteiger partial charge >= 0.3 is 0 Å². The van der Waals surface area contributed by atoms with E-state index in [9.17, 15) is 9.18 Å². The molecule has 1 aromatic heterocycles. The van der Waals surface area contributed by atoms with Crippen molar-refractivity contribution in [2.45, 2.75) is 38.5 Å². The summed E-state index contributed by atoms with van der Waals surface area (Å²) in [6, 6.07) is 17.0. The lowest BCUT2D eigenvalue weighted by molar-refractivity contribution is -0.121. The number of carbonyl (C=O) groups is 1. The number of amides is 1. The number of aromatic nitrogens is 1. The van der Waals surface area contributed by atoms with E-state index in [1.165, 1.54) is 22.7 Å². The van der Waals surface area contributed by atoms with Crippen LogP contribution in [0.1, 0.15) is 30.6 Å². The molecular weight excluding hydrogens is 343 g/mol. The van der Waals surface area contributed by atoms with Crippen molar-refractivity contribution < 1.29 is 9.18 Å². The van der Waals surface area contributed by atoms with E-state index >= 15 is 0 Å². The number of fused-ring (bicyclic) bond motifs is 1. The summed E-state index contributed by atoms with van der Waals surface area (Å²) in [5.74, 6) is -0.549. The summed E-state index contributed by atoms with van der Waals surface area (Å²) in [6.07, 6.45) is 0.557. The number of nitrogens with zero attached hydrogens (tertiary/aromatic N) is 1. The maximum atomic E-state index is 13.7. The first-order chi connectivity index (χ1) is 13.2. The van der Waals surface area contributed by atoms with Crippen LogP contribution in [-0.2, 0) is 17.8 Å². The SMILES string of the molecule is CCn1c(C2CC(NC(=O)Cc3ccccc3F)NN2)cc2ccccc21. The lowest BCUT2D eigenvalue weighted by Gasteiger charge is -2.14. The molecule has 2 unspecified atom stereocenters. The quantitative estimate of drug-likeness (QED) is 0.651. The van der Waals surface area contributed by atoms with Crippen LogP contribution in [0.5, 0.6) is 0 Å². The molecule has 4 rings (SSSR count). The van der Waals surface area contributed by atoms with Crippen molar-refractivity contribution in [3.63, 3.8) is 0 Å². The van der Waals surface area contributed by atoms with Crippen LogP contribution in [0.4, 0.5) is 4.39 Å². The topological polar surface area (TPSA) is 58.1 Å². The fourth-order valence-electron chi connectivity index (χ4n) is 3.78. The first-order valence-electron chi connectivity index (χ1n) is 9.27. The Morgan fingerprint density at radius 2 is 1.96 bits per heavy atom. The van der Waals surface area contributed by atoms with Crippen LogP contribution in [0.3, 0.4) is 0 Å². The lowest BCUT2D eigenvalue weighted by Crippen LogP contribution is -2.44. The molecule has 6 heteroatoms. The zero-order valence-electron chi connectivity index (χ0n) is 15.2. The van der Waals surface area contributed by atoms with Crippen LogP contribution < -0.4 is 16.2 Å². The van der Waals surface area contributed by atoms with E-state index in [2.05, 4.69) is 45.9 Å². The molecule has 2 atom stereocenters. The molecule has 0 aliphatic carbocycles. The Labute approximate surface area is 157 Å². The molecule has 3 aromatic rings. The third-order valence-corrected chi connectivity index (χ3v) is 5.06. The van der Waals surface area contributed by atoms with Crippen molar-refractivity contribution in [2.75, 3.05) is 0 Å². The number of aryl methyl sites for hydroxylation is 1. The number of halogens is 1. The molecule has 0 saturated carbocycles. The highest BCUT2D eigenvalue weighted by atomic mass is 19.1. The van der Waals surface area contributed by atoms with Gasteiger partial charge in [-0.15, -0.1) is 0 Å². The van der Waals surface area contributed by atoms with Crippen LogP contribution in [0.2, 0.25) is 0 Å². The van der Waals surface area contributed by atoms with E-state index in [1.54, 1.807) is 18.2 Å². The van der Waals surface area contributed by atoms with E-state index in [4.69, 9.17) is 0 Å². The number of hydrazine groups is 1. The Hall–Kier alpha value is -2.70. The summed E-state index contributed by atoms with van der Waals surface area (Å²) in [4.78, 5) is 12.3. The Bertz CT molecular complexity index is 968. The fourth-order valence-corrected chi connectivity index (χ4v) is 3.78. The molecule has 2 heterocycles. The van der Waals surface area contributed by atoms with Gasteiger partial charge in [0.05, 0.1) is 18.6 Å². The van der Waals surface area contributed by atoms with Crippen molar-refractivity contribution >= 4 is 16.8 Å². The van der Waals surface area contributed by atoms with E-state index in [0.29, 0.717) is 5.56 Å². The molecule has 1 saturated heterocycles. The maximum Gasteiger partial charge on any atom is 0.225 e. The van der Waals surface area contributed by atoms with Crippen LogP contribution >= 0.6 is 0 Å². The van der Waals surface area contributed by atoms with Gasteiger partial charge in [0, 0.05) is 24.2 Å². The molecule has 1 aliphatic heterocycles. The lowest BCUT2D eigenvalue weighted by atomic mass is 10.1. The zero-order chi connectivity index (χ0) is 18.8. The number of hydrogen-bond donors (Lipinski definition) is 3. The third-order valence-electron chi connectivity index (χ3n) is 5.06. The highest BCUT2D eigenvalue weighted by Crippen LogP contribution is 2.28. The van der Waals surface area contributed by atoms with Crippen molar-refractivity contribution in [1.82, 2.24) is 20.7 Å². The first-order valence-corrected chi connectivity index (χ1v) is 9.27. The second-order valence-corrected chi connectivity index (χ2v) is 6.84. The van der Waals surface area contributed by atoms with Crippen molar-refractivity contribution in [3.05, 3.63) is 71.7 Å². The summed E-state index contributed by atoms with van der Waals surface area (Å²) < 4.78 is 16.0. The van der Waals surface area contributed by atoms with Gasteiger partial charge < -0.3 is 9.88 Å². The number of hydrogen-bond acceptors (Lipinski definition) is 3. The average molecular weight is 366 g/mol. The predicted molar refractivity (Wildman–Crippen MR) is 103 cm³/mol. The summed E-state index contributed by atoms with van der Waals surface area (Å²) in [7, 11) is 0. The minimum atomic E-state index is -0.351. The number of benzene rings is 2. The average Bonchev–Trinajstić information content (AvgIpc) is 3.27. The molecule has 2 aromatic carbocycles. The number of carbonyl (C=O) groups excluding carboxylic acids is 1. The summed E-state index contributed by atoms with van der Waals surface area (Å²) in [5.41, 5.74) is 9.23. The minimum absolute atomic E-state index is 0.0325. The van der Waals surface area contributed by atoms with Gasteiger partial charge in [-0.25, -0.2) is 15.2 Å². The zero-order valence-corrected chi connectivity index (χ0v) is 15.2. The van der Waals surface area contributed by atoms with Crippen LogP contribution in [-0.4, -0.2) is 16.6 Å². The second kappa shape index (κ2) is 7.50. The van der Waals surface area contributed by atoms with Crippen LogP contribution in [0, 0.1) is 5.82 Å². The highest BCUT2D eigenvalue weighted by Gasteiger charge is 2.28. The number of rotatable bonds is 5. The molecule has 1 amide bonds. The molecule has 0 spiro atoms. The number of nitrogens with one attached hydrogen (secondary N) is 3. The van der Waals surface area contributed by atoms with Gasteiger partial charge in [-0.2, -0.15) is 0 Å². The largest absolute Gasteiger partial charge is 0.343 e. The monoisotopic (exact) mass is 366 g/mol. The standard InChI is InChI=1S/C21H23FN4O/c1-2-26-18-10-6-4-8-15(18)11-19(26)17-13-20(25-24-17)23-21(27)12-14-7-3-5-9-16(14)22/h3-11,17,20,24-25H,2,12-13H2,1H3,(H,23,27). The maximum absolute atomic E-state index is 13.7. The van der Waals surface area contributed by atoms with Crippen LogP contribution in [0.25, 0.3) is 10.9 Å². The molecule has 1 aliphatic rings. The smallest absolute Gasteiger partial charge is 0.225 e. The third kappa shape index (κ3) is 3.59. The van der Waals surface area contributed by atoms with Gasteiger partial charge in [-0.1, -0.05) is 36.4 Å². The van der Waals surface area contributed by atoms with Gasteiger partial charge in [-0.05, 0) is 36.1 Å². The first kappa shape index (κ1) is 17.7. The van der Waals surface area contributed by atoms with E-state index in [-0.39, 0.29) is 30.4 Å². The molecule has 0 bridgehead atoms. The molecule has 27 heavy (non-hydrogen) atoms. The predicted octanol–water partition coefficient (Wildman–Crippen LogP) is 3.02. The Balaban J connectivity index is 1.43. The van der Waals surface area contributed by atoms with Gasteiger partial charge in [0.1, 0.15) is 5.82 Å². The van der Waals surface area contributed by atoms with E-state index < -0.39 is 0 Å². The van der Waals surface area contributed by atoms with Crippen molar-refractivity contribution in [2.24, 2.45) is 0 Å². The molecule has 1 fully saturated rings. The molecule has 0 radical (unpaired) electrons. The molecule has 140 valence electrons. The Kier molecular flexibility index (Phi) is 4.92. The fraction of sp³-hybridized carbons (Fsp3) is 0.286. The molecule has 5 nitrogen and oxygen atoms in total.